The summed E-state index contributed by atoms with van der Waals surface area (Å²) in [5, 5.41) is 16.7. The highest BCUT2D eigenvalue weighted by molar-refractivity contribution is 6.33. The largest absolute Gasteiger partial charge is 0.707 e. The number of benzene rings is 1. The van der Waals surface area contributed by atoms with Gasteiger partial charge in [0.25, 0.3) is 0 Å². The molecule has 5 heteroatoms. The van der Waals surface area contributed by atoms with Crippen LogP contribution in [0.2, 0.25) is 0 Å². The first-order valence-corrected chi connectivity index (χ1v) is 2.87. The summed E-state index contributed by atoms with van der Waals surface area (Å²) >= 11 is 0. The normalized spacial score (nSPS) is 8.18. The van der Waals surface area contributed by atoms with Crippen molar-refractivity contribution in [3.05, 3.63) is 30.3 Å². The molecule has 0 bridgehead atoms. The average molecular weight is 155 g/mol. The molecule has 0 radical (unpaired) electrons. The van der Waals surface area contributed by atoms with Gasteiger partial charge < -0.3 is 20.9 Å². The second-order valence-electron chi connectivity index (χ2n) is 1.76. The second kappa shape index (κ2) is 4.73. The van der Waals surface area contributed by atoms with Crippen LogP contribution < -0.4 is 10.8 Å². The Morgan fingerprint density at radius 1 is 1.09 bits per heavy atom. The predicted octanol–water partition coefficient (Wildman–Crippen LogP) is 0.197. The maximum absolute atomic E-state index is 8.34. The van der Waals surface area contributed by atoms with Crippen LogP contribution in [-0.4, -0.2) is 17.4 Å². The fourth-order valence-electron chi connectivity index (χ4n) is 0.621. The number of para-hydroxylation sites is 1. The smallest absolute Gasteiger partial charge is 0.512 e. The minimum Gasteiger partial charge on any atom is -0.512 e. The molecule has 60 valence electrons. The highest BCUT2D eigenvalue weighted by atomic mass is 16.6. The summed E-state index contributed by atoms with van der Waals surface area (Å²) in [6.07, 6.45) is 0. The molecular weight excluding hydrogens is 145 g/mol. The third kappa shape index (κ3) is 3.62. The van der Waals surface area contributed by atoms with Gasteiger partial charge in [-0.2, -0.15) is 0 Å². The van der Waals surface area contributed by atoms with Crippen LogP contribution in [0.15, 0.2) is 30.3 Å². The Kier molecular flexibility index (Phi) is 4.29. The lowest BCUT2D eigenvalue weighted by Gasteiger charge is -2.01. The van der Waals surface area contributed by atoms with Gasteiger partial charge in [-0.3, -0.25) is 0 Å². The predicted molar refractivity (Wildman–Crippen MR) is 42.3 cm³/mol. The Labute approximate surface area is 65.2 Å². The first-order chi connectivity index (χ1) is 4.79. The zero-order valence-electron chi connectivity index (χ0n) is 5.97. The molecule has 0 aliphatic heterocycles. The van der Waals surface area contributed by atoms with E-state index < -0.39 is 7.32 Å². The first kappa shape index (κ1) is 9.96. The molecule has 0 fully saturated rings. The second-order valence-corrected chi connectivity index (χ2v) is 1.76. The van der Waals surface area contributed by atoms with E-state index in [0.29, 0.717) is 5.75 Å². The summed E-state index contributed by atoms with van der Waals surface area (Å²) in [6.45, 7) is 0. The highest BCUT2D eigenvalue weighted by Crippen LogP contribution is 2.07. The van der Waals surface area contributed by atoms with Crippen molar-refractivity contribution in [2.45, 2.75) is 0 Å². The van der Waals surface area contributed by atoms with E-state index in [0.717, 1.165) is 0 Å². The average Bonchev–Trinajstić information content (AvgIpc) is 1.88. The Morgan fingerprint density at radius 2 is 1.64 bits per heavy atom. The molecule has 0 aliphatic carbocycles. The van der Waals surface area contributed by atoms with Crippen LogP contribution in [0.25, 0.3) is 0 Å². The van der Waals surface area contributed by atoms with E-state index in [1.807, 2.05) is 6.07 Å². The number of hydrogen-bond acceptors (Lipinski definition) is 4. The third-order valence-electron chi connectivity index (χ3n) is 0.985. The summed E-state index contributed by atoms with van der Waals surface area (Å²) in [5.74, 6) is 0.442. The molecule has 0 unspecified atom stereocenters. The first-order valence-electron chi connectivity index (χ1n) is 2.87. The van der Waals surface area contributed by atoms with Crippen molar-refractivity contribution < 1.29 is 14.7 Å². The van der Waals surface area contributed by atoms with Gasteiger partial charge in [0, 0.05) is 0 Å². The highest BCUT2D eigenvalue weighted by Gasteiger charge is 2.09. The van der Waals surface area contributed by atoms with Crippen molar-refractivity contribution in [3.63, 3.8) is 0 Å². The van der Waals surface area contributed by atoms with Gasteiger partial charge in [-0.25, -0.2) is 0 Å². The summed E-state index contributed by atoms with van der Waals surface area (Å²) in [6, 6.07) is 8.59. The molecule has 1 aromatic rings. The summed E-state index contributed by atoms with van der Waals surface area (Å²) in [5.41, 5.74) is 0. The monoisotopic (exact) mass is 155 g/mol. The molecule has 0 saturated carbocycles. The third-order valence-corrected chi connectivity index (χ3v) is 0.985. The van der Waals surface area contributed by atoms with Crippen LogP contribution in [0.5, 0.6) is 5.75 Å². The van der Waals surface area contributed by atoms with E-state index in [9.17, 15) is 0 Å². The van der Waals surface area contributed by atoms with Gasteiger partial charge in [-0.05, 0) is 12.1 Å². The lowest BCUT2D eigenvalue weighted by atomic mass is 10.2. The summed E-state index contributed by atoms with van der Waals surface area (Å²) in [4.78, 5) is 0. The van der Waals surface area contributed by atoms with Crippen molar-refractivity contribution >= 4 is 7.32 Å². The number of hydrogen-bond donors (Lipinski definition) is 3. The molecular formula is C6H10BNO3. The minimum absolute atomic E-state index is 0. The van der Waals surface area contributed by atoms with Crippen molar-refractivity contribution in [3.8, 4) is 5.75 Å². The SMILES string of the molecule is N.OB(O)Oc1ccccc1. The van der Waals surface area contributed by atoms with Crippen LogP contribution in [0.1, 0.15) is 0 Å². The van der Waals surface area contributed by atoms with Gasteiger partial charge in [0.1, 0.15) is 5.75 Å². The topological polar surface area (TPSA) is 84.7 Å². The van der Waals surface area contributed by atoms with E-state index in [4.69, 9.17) is 10.0 Å². The molecule has 0 spiro atoms. The van der Waals surface area contributed by atoms with Gasteiger partial charge in [0.05, 0.1) is 0 Å². The molecule has 4 nitrogen and oxygen atoms in total. The molecule has 5 N–H and O–H groups in total. The van der Waals surface area contributed by atoms with Crippen LogP contribution >= 0.6 is 0 Å². The molecule has 0 aliphatic rings. The quantitative estimate of drug-likeness (QED) is 0.532. The zero-order chi connectivity index (χ0) is 7.40. The molecule has 0 heterocycles. The Hall–Kier alpha value is -1.04. The van der Waals surface area contributed by atoms with Crippen molar-refractivity contribution in [1.29, 1.82) is 0 Å². The maximum atomic E-state index is 8.34. The maximum Gasteiger partial charge on any atom is 0.707 e. The lowest BCUT2D eigenvalue weighted by molar-refractivity contribution is 0.288. The Morgan fingerprint density at radius 3 is 2.09 bits per heavy atom. The summed E-state index contributed by atoms with van der Waals surface area (Å²) in [7, 11) is -1.73. The van der Waals surface area contributed by atoms with E-state index in [1.165, 1.54) is 0 Å². The fraction of sp³-hybridized carbons (Fsp3) is 0. The van der Waals surface area contributed by atoms with E-state index >= 15 is 0 Å². The molecule has 0 aromatic heterocycles. The Bertz CT molecular complexity index is 192. The zero-order valence-corrected chi connectivity index (χ0v) is 5.97. The molecule has 0 atom stereocenters. The van der Waals surface area contributed by atoms with E-state index in [1.54, 1.807) is 24.3 Å². The molecule has 1 rings (SSSR count). The van der Waals surface area contributed by atoms with Crippen LogP contribution in [0, 0.1) is 0 Å². The van der Waals surface area contributed by atoms with E-state index in [2.05, 4.69) is 4.65 Å². The van der Waals surface area contributed by atoms with Crippen molar-refractivity contribution in [2.24, 2.45) is 0 Å². The van der Waals surface area contributed by atoms with Crippen LogP contribution in [-0.2, 0) is 0 Å². The van der Waals surface area contributed by atoms with E-state index in [-0.39, 0.29) is 6.15 Å². The van der Waals surface area contributed by atoms with Crippen molar-refractivity contribution in [2.75, 3.05) is 0 Å². The van der Waals surface area contributed by atoms with Crippen LogP contribution in [0.4, 0.5) is 0 Å². The van der Waals surface area contributed by atoms with Gasteiger partial charge >= 0.3 is 7.32 Å². The van der Waals surface area contributed by atoms with Gasteiger partial charge in [0.2, 0.25) is 0 Å². The molecule has 11 heavy (non-hydrogen) atoms. The van der Waals surface area contributed by atoms with Crippen LogP contribution in [0.3, 0.4) is 0 Å². The standard InChI is InChI=1S/C6H7BO3.H3N/c8-7(9)10-6-4-2-1-3-5-6;/h1-5,8-9H;1H3. The molecule has 0 amide bonds. The molecule has 1 aromatic carbocycles. The van der Waals surface area contributed by atoms with Gasteiger partial charge in [-0.1, -0.05) is 18.2 Å². The fourth-order valence-corrected chi connectivity index (χ4v) is 0.621. The Balaban J connectivity index is 0.000001000. The number of rotatable bonds is 2. The van der Waals surface area contributed by atoms with Gasteiger partial charge in [0.15, 0.2) is 0 Å². The molecule has 0 saturated heterocycles. The van der Waals surface area contributed by atoms with Crippen molar-refractivity contribution in [1.82, 2.24) is 6.15 Å². The summed E-state index contributed by atoms with van der Waals surface area (Å²) < 4.78 is 4.53. The lowest BCUT2D eigenvalue weighted by Crippen LogP contribution is -2.20. The minimum atomic E-state index is -1.73. The van der Waals surface area contributed by atoms with Gasteiger partial charge in [-0.15, -0.1) is 0 Å².